The number of rotatable bonds is 14. The van der Waals surface area contributed by atoms with Crippen LogP contribution in [0, 0.1) is 0 Å². The molecule has 0 bridgehead atoms. The van der Waals surface area contributed by atoms with Crippen molar-refractivity contribution in [2.24, 2.45) is 0 Å². The maximum atomic E-state index is 11.3. The molecular weight excluding hydrogens is 288 g/mol. The molecule has 0 aliphatic heterocycles. The Labute approximate surface area is 131 Å². The van der Waals surface area contributed by atoms with Crippen molar-refractivity contribution in [1.82, 2.24) is 0 Å². The number of hydrogen-bond acceptors (Lipinski definition) is 3. The van der Waals surface area contributed by atoms with Crippen molar-refractivity contribution < 1.29 is 18.1 Å². The predicted octanol–water partition coefficient (Wildman–Crippen LogP) is 4.32. The average molecular weight is 323 g/mol. The highest BCUT2D eigenvalue weighted by atomic mass is 32.2. The first-order valence-electron chi connectivity index (χ1n) is 8.52. The SMILES string of the molecule is CCCCCC(CCCCCCCCC(C)O)S(=O)(=O)O. The highest BCUT2D eigenvalue weighted by Crippen LogP contribution is 2.18. The Kier molecular flexibility index (Phi) is 12.3. The first-order chi connectivity index (χ1) is 9.88. The topological polar surface area (TPSA) is 74.6 Å². The highest BCUT2D eigenvalue weighted by Gasteiger charge is 2.21. The Morgan fingerprint density at radius 3 is 1.67 bits per heavy atom. The van der Waals surface area contributed by atoms with Gasteiger partial charge in [0.25, 0.3) is 10.1 Å². The van der Waals surface area contributed by atoms with Crippen molar-refractivity contribution in [3.05, 3.63) is 0 Å². The van der Waals surface area contributed by atoms with Gasteiger partial charge in [-0.2, -0.15) is 8.42 Å². The highest BCUT2D eigenvalue weighted by molar-refractivity contribution is 7.86. The number of aliphatic hydroxyl groups excluding tert-OH is 1. The predicted molar refractivity (Wildman–Crippen MR) is 88.1 cm³/mol. The van der Waals surface area contributed by atoms with Crippen LogP contribution in [0.1, 0.15) is 90.9 Å². The zero-order chi connectivity index (χ0) is 16.1. The quantitative estimate of drug-likeness (QED) is 0.369. The third kappa shape index (κ3) is 13.3. The van der Waals surface area contributed by atoms with Gasteiger partial charge in [-0.1, -0.05) is 64.7 Å². The second-order valence-corrected chi connectivity index (χ2v) is 7.88. The fourth-order valence-electron chi connectivity index (χ4n) is 2.58. The van der Waals surface area contributed by atoms with Crippen molar-refractivity contribution in [2.45, 2.75) is 102 Å². The summed E-state index contributed by atoms with van der Waals surface area (Å²) in [4.78, 5) is 0. The first-order valence-corrected chi connectivity index (χ1v) is 10.0. The van der Waals surface area contributed by atoms with E-state index in [4.69, 9.17) is 5.11 Å². The standard InChI is InChI=1S/C16H34O4S/c1-3-4-9-13-16(21(18,19)20)14-11-8-6-5-7-10-12-15(2)17/h15-17H,3-14H2,1-2H3,(H,18,19,20). The molecule has 0 aliphatic carbocycles. The molecule has 0 amide bonds. The molecule has 0 spiro atoms. The second kappa shape index (κ2) is 12.4. The summed E-state index contributed by atoms with van der Waals surface area (Å²) < 4.78 is 31.9. The number of unbranched alkanes of at least 4 members (excludes halogenated alkanes) is 7. The Balaban J connectivity index is 3.69. The third-order valence-corrected chi connectivity index (χ3v) is 5.26. The minimum absolute atomic E-state index is 0.205. The van der Waals surface area contributed by atoms with Crippen LogP contribution in [0.3, 0.4) is 0 Å². The Morgan fingerprint density at radius 2 is 1.24 bits per heavy atom. The van der Waals surface area contributed by atoms with E-state index in [2.05, 4.69) is 6.92 Å². The minimum Gasteiger partial charge on any atom is -0.393 e. The summed E-state index contributed by atoms with van der Waals surface area (Å²) in [6, 6.07) is 0. The van der Waals surface area contributed by atoms with Gasteiger partial charge in [0.2, 0.25) is 0 Å². The van der Waals surface area contributed by atoms with E-state index in [1.165, 1.54) is 0 Å². The fourth-order valence-corrected chi connectivity index (χ4v) is 3.51. The molecule has 0 aromatic rings. The molecule has 0 fully saturated rings. The summed E-state index contributed by atoms with van der Waals surface area (Å²) in [6.45, 7) is 3.90. The smallest absolute Gasteiger partial charge is 0.267 e. The van der Waals surface area contributed by atoms with Crippen molar-refractivity contribution in [3.8, 4) is 0 Å². The van der Waals surface area contributed by atoms with Crippen molar-refractivity contribution in [2.75, 3.05) is 0 Å². The van der Waals surface area contributed by atoms with Gasteiger partial charge in [-0.05, 0) is 26.2 Å². The van der Waals surface area contributed by atoms with Gasteiger partial charge in [0, 0.05) is 0 Å². The molecule has 21 heavy (non-hydrogen) atoms. The van der Waals surface area contributed by atoms with E-state index < -0.39 is 15.4 Å². The molecule has 0 heterocycles. The third-order valence-electron chi connectivity index (χ3n) is 3.95. The number of hydrogen-bond donors (Lipinski definition) is 2. The van der Waals surface area contributed by atoms with Gasteiger partial charge >= 0.3 is 0 Å². The normalized spacial score (nSPS) is 15.0. The van der Waals surface area contributed by atoms with E-state index >= 15 is 0 Å². The average Bonchev–Trinajstić information content (AvgIpc) is 2.38. The lowest BCUT2D eigenvalue weighted by Crippen LogP contribution is -2.20. The van der Waals surface area contributed by atoms with E-state index in [1.807, 2.05) is 6.92 Å². The van der Waals surface area contributed by atoms with Crippen LogP contribution < -0.4 is 0 Å². The molecule has 0 saturated carbocycles. The van der Waals surface area contributed by atoms with Crippen LogP contribution in [0.5, 0.6) is 0 Å². The minimum atomic E-state index is -3.88. The Morgan fingerprint density at radius 1 is 0.810 bits per heavy atom. The van der Waals surface area contributed by atoms with E-state index in [1.54, 1.807) is 0 Å². The molecule has 0 saturated heterocycles. The first kappa shape index (κ1) is 20.9. The van der Waals surface area contributed by atoms with Crippen molar-refractivity contribution >= 4 is 10.1 Å². The molecule has 4 nitrogen and oxygen atoms in total. The molecule has 2 unspecified atom stereocenters. The van der Waals surface area contributed by atoms with Gasteiger partial charge in [-0.15, -0.1) is 0 Å². The maximum Gasteiger partial charge on any atom is 0.267 e. The molecule has 0 rings (SSSR count). The van der Waals surface area contributed by atoms with Gasteiger partial charge in [-0.25, -0.2) is 0 Å². The van der Waals surface area contributed by atoms with E-state index in [-0.39, 0.29) is 6.10 Å². The van der Waals surface area contributed by atoms with Gasteiger partial charge in [0.1, 0.15) is 0 Å². The summed E-state index contributed by atoms with van der Waals surface area (Å²) in [5, 5.41) is 8.57. The van der Waals surface area contributed by atoms with Crippen LogP contribution in [0.4, 0.5) is 0 Å². The fraction of sp³-hybridized carbons (Fsp3) is 1.00. The summed E-state index contributed by atoms with van der Waals surface area (Å²) >= 11 is 0. The maximum absolute atomic E-state index is 11.3. The Bertz CT molecular complexity index is 325. The van der Waals surface area contributed by atoms with Crippen molar-refractivity contribution in [3.63, 3.8) is 0 Å². The lowest BCUT2D eigenvalue weighted by atomic mass is 10.0. The molecule has 0 aromatic heterocycles. The zero-order valence-corrected chi connectivity index (χ0v) is 14.6. The van der Waals surface area contributed by atoms with Crippen LogP contribution in [0.15, 0.2) is 0 Å². The van der Waals surface area contributed by atoms with Gasteiger partial charge in [0.15, 0.2) is 0 Å². The largest absolute Gasteiger partial charge is 0.393 e. The van der Waals surface area contributed by atoms with E-state index in [9.17, 15) is 13.0 Å². The lowest BCUT2D eigenvalue weighted by molar-refractivity contribution is 0.180. The monoisotopic (exact) mass is 322 g/mol. The molecular formula is C16H34O4S. The van der Waals surface area contributed by atoms with Crippen LogP contribution in [0.2, 0.25) is 0 Å². The second-order valence-electron chi connectivity index (χ2n) is 6.18. The van der Waals surface area contributed by atoms with Gasteiger partial charge in [0.05, 0.1) is 11.4 Å². The summed E-state index contributed by atoms with van der Waals surface area (Å²) in [5.74, 6) is 0. The molecule has 5 heteroatoms. The summed E-state index contributed by atoms with van der Waals surface area (Å²) in [5.41, 5.74) is 0. The van der Waals surface area contributed by atoms with Crippen LogP contribution >= 0.6 is 0 Å². The summed E-state index contributed by atoms with van der Waals surface area (Å²) in [7, 11) is -3.88. The lowest BCUT2D eigenvalue weighted by Gasteiger charge is -2.13. The summed E-state index contributed by atoms with van der Waals surface area (Å²) in [6.07, 6.45) is 11.1. The van der Waals surface area contributed by atoms with Crippen LogP contribution in [-0.4, -0.2) is 29.4 Å². The van der Waals surface area contributed by atoms with Gasteiger partial charge < -0.3 is 5.11 Å². The van der Waals surface area contributed by atoms with E-state index in [0.717, 1.165) is 64.2 Å². The molecule has 2 N–H and O–H groups in total. The van der Waals surface area contributed by atoms with Crippen LogP contribution in [0.25, 0.3) is 0 Å². The number of aliphatic hydroxyl groups is 1. The van der Waals surface area contributed by atoms with E-state index in [0.29, 0.717) is 12.8 Å². The van der Waals surface area contributed by atoms with Crippen molar-refractivity contribution in [1.29, 1.82) is 0 Å². The molecule has 0 radical (unpaired) electrons. The van der Waals surface area contributed by atoms with Crippen LogP contribution in [-0.2, 0) is 10.1 Å². The molecule has 128 valence electrons. The molecule has 0 aromatic carbocycles. The zero-order valence-electron chi connectivity index (χ0n) is 13.8. The van der Waals surface area contributed by atoms with Gasteiger partial charge in [-0.3, -0.25) is 4.55 Å². The molecule has 2 atom stereocenters. The molecule has 0 aliphatic rings. The Hall–Kier alpha value is -0.130.